The Hall–Kier alpha value is -0.710. The number of ether oxygens (including phenoxy) is 1. The fourth-order valence-corrected chi connectivity index (χ4v) is 2.97. The molecule has 104 valence electrons. The molecule has 0 spiro atoms. The molecule has 1 saturated carbocycles. The van der Waals surface area contributed by atoms with Gasteiger partial charge in [-0.1, -0.05) is 6.42 Å². The average molecular weight is 261 g/mol. The first-order valence-corrected chi connectivity index (χ1v) is 6.51. The summed E-state index contributed by atoms with van der Waals surface area (Å²) in [5.74, 6) is -4.46. The molecule has 0 amide bonds. The molecule has 2 unspecified atom stereocenters. The minimum Gasteiger partial charge on any atom is -0.459 e. The van der Waals surface area contributed by atoms with Gasteiger partial charge in [-0.2, -0.15) is 0 Å². The van der Waals surface area contributed by atoms with Crippen molar-refractivity contribution in [1.82, 2.24) is 5.32 Å². The quantitative estimate of drug-likeness (QED) is 0.736. The van der Waals surface area contributed by atoms with Crippen LogP contribution >= 0.6 is 0 Å². The van der Waals surface area contributed by atoms with E-state index in [-0.39, 0.29) is 19.5 Å². The summed E-state index contributed by atoms with van der Waals surface area (Å²) in [6, 6.07) is 0. The Balaban J connectivity index is 2.29. The van der Waals surface area contributed by atoms with Gasteiger partial charge in [-0.3, -0.25) is 4.79 Å². The molecule has 2 atom stereocenters. The highest BCUT2D eigenvalue weighted by molar-refractivity contribution is 5.79. The summed E-state index contributed by atoms with van der Waals surface area (Å²) < 4.78 is 34.1. The molecule has 2 rings (SSSR count). The van der Waals surface area contributed by atoms with Gasteiger partial charge in [0.2, 0.25) is 0 Å². The number of piperidine rings is 1. The van der Waals surface area contributed by atoms with E-state index >= 15 is 0 Å². The molecule has 18 heavy (non-hydrogen) atoms. The first kappa shape index (κ1) is 13.7. The van der Waals surface area contributed by atoms with E-state index in [9.17, 15) is 13.6 Å². The molecule has 3 nitrogen and oxygen atoms in total. The number of halogens is 2. The van der Waals surface area contributed by atoms with Crippen LogP contribution in [0.4, 0.5) is 8.78 Å². The number of nitrogens with one attached hydrogen (secondary N) is 1. The lowest BCUT2D eigenvalue weighted by Crippen LogP contribution is -2.65. The van der Waals surface area contributed by atoms with E-state index in [1.165, 1.54) is 0 Å². The SMILES string of the molecule is CC(C)(C)OC(=O)C12CCCC(CNC1)C2(F)F. The Morgan fingerprint density at radius 2 is 2.06 bits per heavy atom. The van der Waals surface area contributed by atoms with Crippen molar-refractivity contribution in [2.45, 2.75) is 51.6 Å². The van der Waals surface area contributed by atoms with Crippen molar-refractivity contribution in [2.24, 2.45) is 11.3 Å². The zero-order chi connectivity index (χ0) is 13.6. The maximum atomic E-state index is 14.5. The molecular formula is C13H21F2NO2. The van der Waals surface area contributed by atoms with Crippen LogP contribution < -0.4 is 5.32 Å². The van der Waals surface area contributed by atoms with Crippen molar-refractivity contribution in [3.63, 3.8) is 0 Å². The number of hydrogen-bond acceptors (Lipinski definition) is 3. The lowest BCUT2D eigenvalue weighted by atomic mass is 9.64. The summed E-state index contributed by atoms with van der Waals surface area (Å²) in [5.41, 5.74) is -2.40. The molecule has 2 fully saturated rings. The molecule has 1 heterocycles. The molecule has 1 aliphatic carbocycles. The summed E-state index contributed by atoms with van der Waals surface area (Å²) in [6.45, 7) is 5.42. The molecule has 0 radical (unpaired) electrons. The van der Waals surface area contributed by atoms with Gasteiger partial charge in [0.05, 0.1) is 0 Å². The summed E-state index contributed by atoms with van der Waals surface area (Å²) in [6.07, 6.45) is 1.35. The normalized spacial score (nSPS) is 35.1. The van der Waals surface area contributed by atoms with E-state index in [1.54, 1.807) is 20.8 Å². The largest absolute Gasteiger partial charge is 0.459 e. The number of carbonyl (C=O) groups excluding carboxylic acids is 1. The van der Waals surface area contributed by atoms with Crippen molar-refractivity contribution in [1.29, 1.82) is 0 Å². The predicted molar refractivity (Wildman–Crippen MR) is 63.4 cm³/mol. The van der Waals surface area contributed by atoms with Crippen molar-refractivity contribution >= 4 is 5.97 Å². The van der Waals surface area contributed by atoms with Crippen molar-refractivity contribution in [3.8, 4) is 0 Å². The van der Waals surface area contributed by atoms with Crippen molar-refractivity contribution < 1.29 is 18.3 Å². The van der Waals surface area contributed by atoms with Crippen LogP contribution in [-0.4, -0.2) is 30.6 Å². The third-order valence-electron chi connectivity index (χ3n) is 3.91. The second kappa shape index (κ2) is 4.15. The monoisotopic (exact) mass is 261 g/mol. The van der Waals surface area contributed by atoms with E-state index < -0.39 is 28.8 Å². The van der Waals surface area contributed by atoms with Gasteiger partial charge in [-0.15, -0.1) is 0 Å². The van der Waals surface area contributed by atoms with Crippen LogP contribution in [0.1, 0.15) is 40.0 Å². The number of carbonyl (C=O) groups is 1. The molecule has 0 aromatic heterocycles. The van der Waals surface area contributed by atoms with Gasteiger partial charge in [0.15, 0.2) is 0 Å². The van der Waals surface area contributed by atoms with Crippen molar-refractivity contribution in [2.75, 3.05) is 13.1 Å². The molecular weight excluding hydrogens is 240 g/mol. The van der Waals surface area contributed by atoms with Crippen LogP contribution in [0.15, 0.2) is 0 Å². The molecule has 2 aliphatic rings. The van der Waals surface area contributed by atoms with Crippen LogP contribution in [-0.2, 0) is 9.53 Å². The molecule has 2 bridgehead atoms. The lowest BCUT2D eigenvalue weighted by Gasteiger charge is -2.50. The zero-order valence-corrected chi connectivity index (χ0v) is 11.2. The fourth-order valence-electron chi connectivity index (χ4n) is 2.97. The molecule has 1 saturated heterocycles. The van der Waals surface area contributed by atoms with Gasteiger partial charge in [0.1, 0.15) is 11.0 Å². The average Bonchev–Trinajstić information content (AvgIpc) is 2.12. The van der Waals surface area contributed by atoms with Crippen LogP contribution in [0.5, 0.6) is 0 Å². The number of alkyl halides is 2. The Bertz CT molecular complexity index is 339. The number of fused-ring (bicyclic) bond motifs is 2. The molecule has 0 aromatic rings. The van der Waals surface area contributed by atoms with Gasteiger partial charge in [0, 0.05) is 19.0 Å². The van der Waals surface area contributed by atoms with Gasteiger partial charge in [-0.25, -0.2) is 8.78 Å². The fraction of sp³-hybridized carbons (Fsp3) is 0.923. The van der Waals surface area contributed by atoms with E-state index in [2.05, 4.69) is 5.32 Å². The second-order valence-electron chi connectivity index (χ2n) is 6.43. The number of hydrogen-bond donors (Lipinski definition) is 1. The topological polar surface area (TPSA) is 38.3 Å². The molecule has 1 N–H and O–H groups in total. The van der Waals surface area contributed by atoms with E-state index in [0.717, 1.165) is 0 Å². The minimum atomic E-state index is -2.96. The molecule has 5 heteroatoms. The Labute approximate surface area is 106 Å². The highest BCUT2D eigenvalue weighted by atomic mass is 19.3. The maximum Gasteiger partial charge on any atom is 0.320 e. The van der Waals surface area contributed by atoms with Gasteiger partial charge >= 0.3 is 5.97 Å². The Morgan fingerprint density at radius 1 is 1.39 bits per heavy atom. The number of esters is 1. The Kier molecular flexibility index (Phi) is 3.16. The predicted octanol–water partition coefficient (Wildman–Crippen LogP) is 2.35. The van der Waals surface area contributed by atoms with Gasteiger partial charge in [-0.05, 0) is 33.6 Å². The van der Waals surface area contributed by atoms with Crippen LogP contribution in [0.3, 0.4) is 0 Å². The highest BCUT2D eigenvalue weighted by Crippen LogP contribution is 2.53. The van der Waals surface area contributed by atoms with E-state index in [0.29, 0.717) is 12.8 Å². The first-order valence-electron chi connectivity index (χ1n) is 6.51. The maximum absolute atomic E-state index is 14.5. The first-order chi connectivity index (χ1) is 8.19. The lowest BCUT2D eigenvalue weighted by molar-refractivity contribution is -0.227. The summed E-state index contributed by atoms with van der Waals surface area (Å²) in [7, 11) is 0. The third kappa shape index (κ3) is 2.02. The van der Waals surface area contributed by atoms with Crippen LogP contribution in [0, 0.1) is 11.3 Å². The van der Waals surface area contributed by atoms with E-state index in [4.69, 9.17) is 4.74 Å². The summed E-state index contributed by atoms with van der Waals surface area (Å²) >= 11 is 0. The summed E-state index contributed by atoms with van der Waals surface area (Å²) in [4.78, 5) is 12.2. The van der Waals surface area contributed by atoms with Gasteiger partial charge < -0.3 is 10.1 Å². The zero-order valence-electron chi connectivity index (χ0n) is 11.2. The van der Waals surface area contributed by atoms with Gasteiger partial charge in [0.25, 0.3) is 5.92 Å². The van der Waals surface area contributed by atoms with Crippen molar-refractivity contribution in [3.05, 3.63) is 0 Å². The highest BCUT2D eigenvalue weighted by Gasteiger charge is 2.66. The van der Waals surface area contributed by atoms with Crippen LogP contribution in [0.25, 0.3) is 0 Å². The van der Waals surface area contributed by atoms with Crippen LogP contribution in [0.2, 0.25) is 0 Å². The number of rotatable bonds is 1. The molecule has 0 aromatic carbocycles. The van der Waals surface area contributed by atoms with E-state index in [1.807, 2.05) is 0 Å². The smallest absolute Gasteiger partial charge is 0.320 e. The second-order valence-corrected chi connectivity index (χ2v) is 6.43. The minimum absolute atomic E-state index is 0.0193. The third-order valence-corrected chi connectivity index (χ3v) is 3.91. The molecule has 1 aliphatic heterocycles. The summed E-state index contributed by atoms with van der Waals surface area (Å²) in [5, 5.41) is 2.97. The Morgan fingerprint density at radius 3 is 2.67 bits per heavy atom. The standard InChI is InChI=1S/C13H21F2NO2/c1-11(2,3)18-10(17)12-6-4-5-9(7-16-8-12)13(12,14)15/h9,16H,4-8H2,1-3H3.